The summed E-state index contributed by atoms with van der Waals surface area (Å²) in [6, 6.07) is 1.14. The monoisotopic (exact) mass is 323 g/mol. The van der Waals surface area contributed by atoms with Gasteiger partial charge in [-0.25, -0.2) is 17.6 Å². The molecule has 11 heteroatoms. The number of aromatic nitrogens is 2. The van der Waals surface area contributed by atoms with Crippen molar-refractivity contribution in [2.45, 2.75) is 23.4 Å². The van der Waals surface area contributed by atoms with Gasteiger partial charge in [-0.1, -0.05) is 0 Å². The highest BCUT2D eigenvalue weighted by atomic mass is 32.2. The van der Waals surface area contributed by atoms with Crippen LogP contribution in [0.5, 0.6) is 0 Å². The lowest BCUT2D eigenvalue weighted by molar-refractivity contribution is -0.0517. The maximum absolute atomic E-state index is 15.0. The quantitative estimate of drug-likeness (QED) is 0.567. The number of anilines is 1. The smallest absolute Gasteiger partial charge is 0.351 e. The Bertz CT molecular complexity index is 707. The summed E-state index contributed by atoms with van der Waals surface area (Å²) >= 11 is 0. The Labute approximate surface area is 118 Å². The van der Waals surface area contributed by atoms with Crippen molar-refractivity contribution in [1.29, 1.82) is 0 Å². The predicted octanol–water partition coefficient (Wildman–Crippen LogP) is -2.21. The summed E-state index contributed by atoms with van der Waals surface area (Å²) in [5.41, 5.74) is 4.25. The minimum Gasteiger partial charge on any atom is -0.394 e. The molecule has 0 unspecified atom stereocenters. The molecule has 1 fully saturated rings. The first-order chi connectivity index (χ1) is 9.62. The highest BCUT2D eigenvalue weighted by molar-refractivity contribution is 7.92. The number of aliphatic hydroxyl groups excluding tert-OH is 2. The van der Waals surface area contributed by atoms with Crippen LogP contribution >= 0.6 is 0 Å². The fourth-order valence-corrected chi connectivity index (χ4v) is 3.26. The van der Waals surface area contributed by atoms with Crippen LogP contribution in [0.2, 0.25) is 0 Å². The molecule has 1 saturated heterocycles. The number of nitrogens with two attached hydrogens (primary N) is 1. The molecular formula is C10H14FN3O6S. The van der Waals surface area contributed by atoms with Crippen LogP contribution in [0.25, 0.3) is 0 Å². The molecule has 1 aliphatic heterocycles. The fourth-order valence-electron chi connectivity index (χ4n) is 2.14. The third-order valence-corrected chi connectivity index (χ3v) is 4.83. The first-order valence-electron chi connectivity index (χ1n) is 5.80. The molecule has 0 spiro atoms. The van der Waals surface area contributed by atoms with E-state index in [9.17, 15) is 22.7 Å². The second-order valence-electron chi connectivity index (χ2n) is 4.67. The predicted molar refractivity (Wildman–Crippen MR) is 68.6 cm³/mol. The van der Waals surface area contributed by atoms with Crippen molar-refractivity contribution in [2.75, 3.05) is 18.6 Å². The zero-order valence-corrected chi connectivity index (χ0v) is 11.7. The van der Waals surface area contributed by atoms with Gasteiger partial charge >= 0.3 is 5.69 Å². The Balaban J connectivity index is 2.63. The van der Waals surface area contributed by atoms with E-state index in [-0.39, 0.29) is 5.82 Å². The number of aliphatic hydroxyl groups is 2. The van der Waals surface area contributed by atoms with E-state index in [1.165, 1.54) is 0 Å². The van der Waals surface area contributed by atoms with Gasteiger partial charge in [-0.15, -0.1) is 0 Å². The molecule has 1 aromatic heterocycles. The molecule has 4 atom stereocenters. The van der Waals surface area contributed by atoms with Crippen LogP contribution in [0.15, 0.2) is 17.1 Å². The summed E-state index contributed by atoms with van der Waals surface area (Å²) in [5.74, 6) is -0.141. The molecule has 9 nitrogen and oxygen atoms in total. The number of sulfone groups is 1. The van der Waals surface area contributed by atoms with Crippen LogP contribution in [-0.2, 0) is 14.6 Å². The highest BCUT2D eigenvalue weighted by Crippen LogP contribution is 2.44. The van der Waals surface area contributed by atoms with Gasteiger partial charge in [0.25, 0.3) is 5.00 Å². The third kappa shape index (κ3) is 2.31. The Morgan fingerprint density at radius 2 is 2.24 bits per heavy atom. The van der Waals surface area contributed by atoms with Crippen LogP contribution in [0.4, 0.5) is 10.2 Å². The molecule has 0 amide bonds. The molecule has 0 bridgehead atoms. The summed E-state index contributed by atoms with van der Waals surface area (Å²) in [4.78, 5) is 15.1. The first-order valence-corrected chi connectivity index (χ1v) is 7.69. The van der Waals surface area contributed by atoms with Gasteiger partial charge in [-0.2, -0.15) is 4.98 Å². The van der Waals surface area contributed by atoms with Gasteiger partial charge in [0.05, 0.1) is 6.61 Å². The average molecular weight is 323 g/mol. The van der Waals surface area contributed by atoms with Gasteiger partial charge < -0.3 is 20.7 Å². The van der Waals surface area contributed by atoms with E-state index in [4.69, 9.17) is 15.6 Å². The molecule has 0 aromatic carbocycles. The Morgan fingerprint density at radius 1 is 1.62 bits per heavy atom. The zero-order valence-electron chi connectivity index (χ0n) is 10.9. The van der Waals surface area contributed by atoms with E-state index in [0.717, 1.165) is 12.3 Å². The molecule has 1 aromatic rings. The Kier molecular flexibility index (Phi) is 3.78. The minimum atomic E-state index is -4.49. The molecule has 2 heterocycles. The van der Waals surface area contributed by atoms with Gasteiger partial charge in [-0.3, -0.25) is 4.57 Å². The number of alkyl halides is 1. The summed E-state index contributed by atoms with van der Waals surface area (Å²) in [5, 5.41) is 15.6. The standard InChI is InChI=1S/C10H14FN3O6S/c1-21(18,19)10(11)7(16)5(4-15)20-8(10)14-3-2-6(12)13-9(14)17/h2-3,5,7-8,15-16H,4H2,1H3,(H2,12,13,17)/t5-,7-,8-,10+/m1/s1. The van der Waals surface area contributed by atoms with E-state index >= 15 is 0 Å². The van der Waals surface area contributed by atoms with Crippen molar-refractivity contribution in [2.24, 2.45) is 0 Å². The van der Waals surface area contributed by atoms with Crippen molar-refractivity contribution >= 4 is 15.7 Å². The summed E-state index contributed by atoms with van der Waals surface area (Å²) < 4.78 is 44.0. The van der Waals surface area contributed by atoms with Crippen molar-refractivity contribution < 1.29 is 27.8 Å². The van der Waals surface area contributed by atoms with Gasteiger partial charge in [0, 0.05) is 12.5 Å². The Hall–Kier alpha value is -1.56. The number of nitrogens with zero attached hydrogens (tertiary/aromatic N) is 2. The van der Waals surface area contributed by atoms with Crippen LogP contribution in [0, 0.1) is 0 Å². The molecule has 0 radical (unpaired) electrons. The molecular weight excluding hydrogens is 309 g/mol. The number of ether oxygens (including phenoxy) is 1. The van der Waals surface area contributed by atoms with E-state index in [2.05, 4.69) is 4.98 Å². The van der Waals surface area contributed by atoms with Crippen LogP contribution in [-0.4, -0.2) is 58.3 Å². The summed E-state index contributed by atoms with van der Waals surface area (Å²) in [6.07, 6.45) is -4.09. The number of halogens is 1. The molecule has 2 rings (SSSR count). The molecule has 0 aliphatic carbocycles. The maximum atomic E-state index is 15.0. The lowest BCUT2D eigenvalue weighted by atomic mass is 10.1. The van der Waals surface area contributed by atoms with Crippen molar-refractivity contribution in [1.82, 2.24) is 9.55 Å². The lowest BCUT2D eigenvalue weighted by Gasteiger charge is -2.27. The van der Waals surface area contributed by atoms with Crippen molar-refractivity contribution in [3.63, 3.8) is 0 Å². The molecule has 4 N–H and O–H groups in total. The van der Waals surface area contributed by atoms with E-state index in [1.807, 2.05) is 0 Å². The number of rotatable bonds is 3. The van der Waals surface area contributed by atoms with E-state index in [1.54, 1.807) is 0 Å². The largest absolute Gasteiger partial charge is 0.394 e. The fraction of sp³-hybridized carbons (Fsp3) is 0.600. The SMILES string of the molecule is CS(=O)(=O)[C@@]1(F)[C@H](O)[C@@H](CO)O[C@H]1n1ccc(N)nc1=O. The van der Waals surface area contributed by atoms with E-state index < -0.39 is 45.6 Å². The average Bonchev–Trinajstić information content (AvgIpc) is 2.63. The van der Waals surface area contributed by atoms with Gasteiger partial charge in [0.2, 0.25) is 0 Å². The normalized spacial score (nSPS) is 33.2. The second-order valence-corrected chi connectivity index (χ2v) is 6.84. The molecule has 1 aliphatic rings. The Morgan fingerprint density at radius 3 is 2.71 bits per heavy atom. The number of hydrogen-bond donors (Lipinski definition) is 3. The van der Waals surface area contributed by atoms with Crippen LogP contribution in [0.1, 0.15) is 6.23 Å². The van der Waals surface area contributed by atoms with Crippen LogP contribution in [0.3, 0.4) is 0 Å². The summed E-state index contributed by atoms with van der Waals surface area (Å²) in [6.45, 7) is -0.823. The number of nitrogen functional groups attached to an aromatic ring is 1. The van der Waals surface area contributed by atoms with Crippen LogP contribution < -0.4 is 11.4 Å². The number of hydrogen-bond acceptors (Lipinski definition) is 8. The molecule has 0 saturated carbocycles. The van der Waals surface area contributed by atoms with Crippen molar-refractivity contribution in [3.05, 3.63) is 22.7 Å². The first kappa shape index (κ1) is 15.8. The summed E-state index contributed by atoms with van der Waals surface area (Å²) in [7, 11) is -4.49. The van der Waals surface area contributed by atoms with E-state index in [0.29, 0.717) is 10.8 Å². The molecule has 21 heavy (non-hydrogen) atoms. The topological polar surface area (TPSA) is 145 Å². The second kappa shape index (κ2) is 5.02. The highest BCUT2D eigenvalue weighted by Gasteiger charge is 2.65. The minimum absolute atomic E-state index is 0.141. The van der Waals surface area contributed by atoms with Crippen molar-refractivity contribution in [3.8, 4) is 0 Å². The van der Waals surface area contributed by atoms with Gasteiger partial charge in [0.1, 0.15) is 18.0 Å². The van der Waals surface area contributed by atoms with Gasteiger partial charge in [-0.05, 0) is 6.07 Å². The molecule has 118 valence electrons. The lowest BCUT2D eigenvalue weighted by Crippen LogP contribution is -2.50. The zero-order chi connectivity index (χ0) is 16.0. The third-order valence-electron chi connectivity index (χ3n) is 3.25. The van der Waals surface area contributed by atoms with Gasteiger partial charge in [0.15, 0.2) is 16.1 Å². The maximum Gasteiger partial charge on any atom is 0.351 e.